The van der Waals surface area contributed by atoms with Gasteiger partial charge in [0.25, 0.3) is 5.91 Å². The summed E-state index contributed by atoms with van der Waals surface area (Å²) in [7, 11) is 0. The molecular weight excluding hydrogens is 360 g/mol. The SMILES string of the molecule is Cc1cccc(C(=O)Nc2ccc(C3(C(=O)NCc4ccccc4)CC3)cc2)c1. The Morgan fingerprint density at radius 1 is 0.897 bits per heavy atom. The van der Waals surface area contributed by atoms with Gasteiger partial charge in [-0.15, -0.1) is 0 Å². The van der Waals surface area contributed by atoms with Gasteiger partial charge < -0.3 is 10.6 Å². The summed E-state index contributed by atoms with van der Waals surface area (Å²) < 4.78 is 0. The lowest BCUT2D eigenvalue weighted by Crippen LogP contribution is -2.34. The Morgan fingerprint density at radius 3 is 2.28 bits per heavy atom. The van der Waals surface area contributed by atoms with Crippen molar-refractivity contribution < 1.29 is 9.59 Å². The summed E-state index contributed by atoms with van der Waals surface area (Å²) in [4.78, 5) is 25.2. The van der Waals surface area contributed by atoms with Crippen molar-refractivity contribution in [2.75, 3.05) is 5.32 Å². The molecule has 1 saturated carbocycles. The number of aryl methyl sites for hydroxylation is 1. The summed E-state index contributed by atoms with van der Waals surface area (Å²) in [5.74, 6) is -0.0684. The van der Waals surface area contributed by atoms with Crippen LogP contribution < -0.4 is 10.6 Å². The van der Waals surface area contributed by atoms with E-state index in [1.54, 1.807) is 6.07 Å². The first kappa shape index (κ1) is 18.9. The van der Waals surface area contributed by atoms with Gasteiger partial charge in [0.15, 0.2) is 0 Å². The summed E-state index contributed by atoms with van der Waals surface area (Å²) in [5.41, 5.74) is 4.05. The molecule has 0 atom stereocenters. The number of carbonyl (C=O) groups excluding carboxylic acids is 2. The molecule has 1 aliphatic rings. The predicted molar refractivity (Wildman–Crippen MR) is 115 cm³/mol. The number of carbonyl (C=O) groups is 2. The third kappa shape index (κ3) is 4.21. The molecule has 0 radical (unpaired) electrons. The van der Waals surface area contributed by atoms with Crippen LogP contribution in [0.4, 0.5) is 5.69 Å². The fourth-order valence-corrected chi connectivity index (χ4v) is 3.58. The van der Waals surface area contributed by atoms with Crippen LogP contribution in [0.1, 0.15) is 39.9 Å². The van der Waals surface area contributed by atoms with Gasteiger partial charge in [0.1, 0.15) is 0 Å². The molecule has 4 heteroatoms. The van der Waals surface area contributed by atoms with Gasteiger partial charge in [-0.2, -0.15) is 0 Å². The molecule has 1 aliphatic carbocycles. The van der Waals surface area contributed by atoms with Crippen molar-refractivity contribution in [2.45, 2.75) is 31.7 Å². The van der Waals surface area contributed by atoms with E-state index in [4.69, 9.17) is 0 Å². The second-order valence-electron chi connectivity index (χ2n) is 7.65. The van der Waals surface area contributed by atoms with Crippen molar-refractivity contribution in [2.24, 2.45) is 0 Å². The van der Waals surface area contributed by atoms with E-state index < -0.39 is 5.41 Å². The molecule has 0 aliphatic heterocycles. The molecule has 3 aromatic carbocycles. The predicted octanol–water partition coefficient (Wildman–Crippen LogP) is 4.60. The Labute approximate surface area is 171 Å². The molecule has 0 aromatic heterocycles. The van der Waals surface area contributed by atoms with E-state index >= 15 is 0 Å². The molecule has 29 heavy (non-hydrogen) atoms. The minimum absolute atomic E-state index is 0.0675. The molecule has 1 fully saturated rings. The van der Waals surface area contributed by atoms with Crippen LogP contribution in [0.2, 0.25) is 0 Å². The average molecular weight is 384 g/mol. The van der Waals surface area contributed by atoms with Crippen LogP contribution in [-0.2, 0) is 16.8 Å². The number of nitrogens with one attached hydrogen (secondary N) is 2. The van der Waals surface area contributed by atoms with Gasteiger partial charge in [-0.25, -0.2) is 0 Å². The molecule has 146 valence electrons. The zero-order valence-electron chi connectivity index (χ0n) is 16.4. The monoisotopic (exact) mass is 384 g/mol. The highest BCUT2D eigenvalue weighted by Crippen LogP contribution is 2.48. The van der Waals surface area contributed by atoms with Crippen LogP contribution in [0.3, 0.4) is 0 Å². The molecule has 2 amide bonds. The topological polar surface area (TPSA) is 58.2 Å². The Hall–Kier alpha value is -3.40. The van der Waals surface area contributed by atoms with Gasteiger partial charge in [0.05, 0.1) is 5.41 Å². The van der Waals surface area contributed by atoms with Gasteiger partial charge in [0.2, 0.25) is 5.91 Å². The molecule has 0 bridgehead atoms. The van der Waals surface area contributed by atoms with E-state index in [0.717, 1.165) is 35.2 Å². The van der Waals surface area contributed by atoms with E-state index in [0.29, 0.717) is 12.1 Å². The lowest BCUT2D eigenvalue weighted by molar-refractivity contribution is -0.123. The number of hydrogen-bond acceptors (Lipinski definition) is 2. The first-order chi connectivity index (χ1) is 14.1. The number of hydrogen-bond donors (Lipinski definition) is 2. The van der Waals surface area contributed by atoms with Crippen LogP contribution in [0, 0.1) is 6.92 Å². The third-order valence-corrected chi connectivity index (χ3v) is 5.46. The maximum absolute atomic E-state index is 12.8. The number of anilines is 1. The summed E-state index contributed by atoms with van der Waals surface area (Å²) in [6, 6.07) is 25.0. The Kier molecular flexibility index (Phi) is 5.17. The molecule has 0 spiro atoms. The highest BCUT2D eigenvalue weighted by Gasteiger charge is 2.51. The fourth-order valence-electron chi connectivity index (χ4n) is 3.58. The first-order valence-corrected chi connectivity index (χ1v) is 9.88. The molecule has 0 saturated heterocycles. The van der Waals surface area contributed by atoms with Crippen molar-refractivity contribution >= 4 is 17.5 Å². The highest BCUT2D eigenvalue weighted by atomic mass is 16.2. The molecule has 0 unspecified atom stereocenters. The van der Waals surface area contributed by atoms with Crippen LogP contribution in [0.25, 0.3) is 0 Å². The Balaban J connectivity index is 1.40. The standard InChI is InChI=1S/C25H24N2O2/c1-18-6-5-9-20(16-18)23(28)27-22-12-10-21(11-13-22)25(14-15-25)24(29)26-17-19-7-3-2-4-8-19/h2-13,16H,14-15,17H2,1H3,(H,26,29)(H,27,28). The second-order valence-corrected chi connectivity index (χ2v) is 7.65. The first-order valence-electron chi connectivity index (χ1n) is 9.88. The molecule has 4 rings (SSSR count). The minimum atomic E-state index is -0.437. The van der Waals surface area contributed by atoms with E-state index in [9.17, 15) is 9.59 Å². The third-order valence-electron chi connectivity index (χ3n) is 5.46. The average Bonchev–Trinajstić information content (AvgIpc) is 3.55. The largest absolute Gasteiger partial charge is 0.351 e. The van der Waals surface area contributed by atoms with Crippen molar-refractivity contribution in [3.8, 4) is 0 Å². The van der Waals surface area contributed by atoms with Crippen LogP contribution in [-0.4, -0.2) is 11.8 Å². The summed E-state index contributed by atoms with van der Waals surface area (Å²) in [6.45, 7) is 2.50. The maximum Gasteiger partial charge on any atom is 0.255 e. The smallest absolute Gasteiger partial charge is 0.255 e. The van der Waals surface area contributed by atoms with E-state index in [2.05, 4.69) is 10.6 Å². The quantitative estimate of drug-likeness (QED) is 0.653. The number of rotatable bonds is 6. The Bertz CT molecular complexity index is 1020. The lowest BCUT2D eigenvalue weighted by atomic mass is 9.94. The second kappa shape index (κ2) is 7.92. The van der Waals surface area contributed by atoms with E-state index in [-0.39, 0.29) is 11.8 Å². The van der Waals surface area contributed by atoms with Crippen LogP contribution in [0.5, 0.6) is 0 Å². The summed E-state index contributed by atoms with van der Waals surface area (Å²) in [5, 5.41) is 5.99. The number of amides is 2. The van der Waals surface area contributed by atoms with Crippen molar-refractivity contribution in [1.29, 1.82) is 0 Å². The van der Waals surface area contributed by atoms with Crippen molar-refractivity contribution in [3.63, 3.8) is 0 Å². The Morgan fingerprint density at radius 2 is 1.62 bits per heavy atom. The molecule has 0 heterocycles. The molecule has 2 N–H and O–H groups in total. The van der Waals surface area contributed by atoms with E-state index in [1.165, 1.54) is 0 Å². The summed E-state index contributed by atoms with van der Waals surface area (Å²) in [6.07, 6.45) is 1.70. The van der Waals surface area contributed by atoms with Crippen molar-refractivity contribution in [3.05, 3.63) is 101 Å². The minimum Gasteiger partial charge on any atom is -0.351 e. The van der Waals surface area contributed by atoms with Gasteiger partial charge in [0, 0.05) is 17.8 Å². The molecular formula is C25H24N2O2. The van der Waals surface area contributed by atoms with E-state index in [1.807, 2.05) is 79.7 Å². The van der Waals surface area contributed by atoms with Gasteiger partial charge in [-0.1, -0.05) is 60.2 Å². The zero-order valence-corrected chi connectivity index (χ0v) is 16.4. The van der Waals surface area contributed by atoms with Crippen molar-refractivity contribution in [1.82, 2.24) is 5.32 Å². The molecule has 3 aromatic rings. The highest BCUT2D eigenvalue weighted by molar-refractivity contribution is 6.04. The van der Waals surface area contributed by atoms with Gasteiger partial charge in [-0.3, -0.25) is 9.59 Å². The van der Waals surface area contributed by atoms with Gasteiger partial charge in [-0.05, 0) is 55.2 Å². The fraction of sp³-hybridized carbons (Fsp3) is 0.200. The maximum atomic E-state index is 12.8. The molecule has 4 nitrogen and oxygen atoms in total. The normalized spacial score (nSPS) is 14.1. The van der Waals surface area contributed by atoms with Crippen LogP contribution >= 0.6 is 0 Å². The van der Waals surface area contributed by atoms with Gasteiger partial charge >= 0.3 is 0 Å². The number of benzene rings is 3. The zero-order chi connectivity index (χ0) is 20.3. The summed E-state index contributed by atoms with van der Waals surface area (Å²) >= 11 is 0. The lowest BCUT2D eigenvalue weighted by Gasteiger charge is -2.16. The van der Waals surface area contributed by atoms with Crippen LogP contribution in [0.15, 0.2) is 78.9 Å².